The Balaban J connectivity index is 2.57. The maximum atomic E-state index is 11.2. The summed E-state index contributed by atoms with van der Waals surface area (Å²) in [6.45, 7) is 0.837. The third-order valence-electron chi connectivity index (χ3n) is 2.34. The van der Waals surface area contributed by atoms with Crippen molar-refractivity contribution >= 4 is 5.97 Å². The summed E-state index contributed by atoms with van der Waals surface area (Å²) >= 11 is 0. The molecule has 1 unspecified atom stereocenters. The molecule has 17 heavy (non-hydrogen) atoms. The van der Waals surface area contributed by atoms with Crippen LogP contribution in [-0.4, -0.2) is 43.0 Å². The molecule has 1 aromatic rings. The van der Waals surface area contributed by atoms with Crippen LogP contribution in [0.15, 0.2) is 24.3 Å². The molecule has 0 aliphatic carbocycles. The Morgan fingerprint density at radius 1 is 1.41 bits per heavy atom. The highest BCUT2D eigenvalue weighted by molar-refractivity contribution is 5.89. The van der Waals surface area contributed by atoms with E-state index < -0.39 is 12.1 Å². The lowest BCUT2D eigenvalue weighted by atomic mass is 10.1. The van der Waals surface area contributed by atoms with Crippen LogP contribution in [-0.2, 0) is 4.74 Å². The van der Waals surface area contributed by atoms with Gasteiger partial charge in [-0.05, 0) is 17.7 Å². The minimum Gasteiger partial charge on any atom is -0.465 e. The van der Waals surface area contributed by atoms with Crippen molar-refractivity contribution in [2.24, 2.45) is 0 Å². The molecule has 0 heterocycles. The normalized spacial score (nSPS) is 12.2. The van der Waals surface area contributed by atoms with Crippen LogP contribution in [0.1, 0.15) is 22.0 Å². The van der Waals surface area contributed by atoms with Crippen LogP contribution < -0.4 is 5.32 Å². The number of aliphatic hydroxyl groups is 2. The molecule has 1 aromatic carbocycles. The van der Waals surface area contributed by atoms with E-state index in [9.17, 15) is 9.90 Å². The largest absolute Gasteiger partial charge is 0.465 e. The molecule has 5 nitrogen and oxygen atoms in total. The van der Waals surface area contributed by atoms with E-state index in [2.05, 4.69) is 10.1 Å². The van der Waals surface area contributed by atoms with Gasteiger partial charge < -0.3 is 20.3 Å². The zero-order chi connectivity index (χ0) is 12.7. The van der Waals surface area contributed by atoms with Gasteiger partial charge in [-0.1, -0.05) is 12.1 Å². The van der Waals surface area contributed by atoms with Crippen molar-refractivity contribution in [3.05, 3.63) is 35.4 Å². The van der Waals surface area contributed by atoms with Crippen molar-refractivity contribution in [3.8, 4) is 0 Å². The summed E-state index contributed by atoms with van der Waals surface area (Å²) in [4.78, 5) is 11.2. The van der Waals surface area contributed by atoms with Gasteiger partial charge in [0, 0.05) is 13.1 Å². The van der Waals surface area contributed by atoms with Crippen LogP contribution in [0, 0.1) is 0 Å². The van der Waals surface area contributed by atoms with Crippen molar-refractivity contribution in [2.45, 2.75) is 6.10 Å². The van der Waals surface area contributed by atoms with Gasteiger partial charge in [0.1, 0.15) is 0 Å². The average Bonchev–Trinajstić information content (AvgIpc) is 2.38. The fourth-order valence-electron chi connectivity index (χ4n) is 1.39. The molecule has 0 saturated carbocycles. The van der Waals surface area contributed by atoms with Gasteiger partial charge in [0.15, 0.2) is 0 Å². The molecule has 5 heteroatoms. The molecule has 0 aromatic heterocycles. The number of rotatable bonds is 6. The van der Waals surface area contributed by atoms with Crippen LogP contribution in [0.5, 0.6) is 0 Å². The van der Waals surface area contributed by atoms with E-state index in [0.717, 1.165) is 0 Å². The Morgan fingerprint density at radius 3 is 2.59 bits per heavy atom. The van der Waals surface area contributed by atoms with E-state index in [1.165, 1.54) is 7.11 Å². The summed E-state index contributed by atoms with van der Waals surface area (Å²) in [6.07, 6.45) is -0.659. The number of carbonyl (C=O) groups excluding carboxylic acids is 1. The van der Waals surface area contributed by atoms with Gasteiger partial charge in [-0.3, -0.25) is 0 Å². The first-order valence-electron chi connectivity index (χ1n) is 5.37. The van der Waals surface area contributed by atoms with Crippen molar-refractivity contribution < 1.29 is 19.7 Å². The quantitative estimate of drug-likeness (QED) is 0.484. The Bertz CT molecular complexity index is 350. The first kappa shape index (κ1) is 13.6. The van der Waals surface area contributed by atoms with Gasteiger partial charge in [0.25, 0.3) is 0 Å². The SMILES string of the molecule is COC(=O)c1ccc(C(O)CNCCO)cc1. The second-order valence-corrected chi connectivity index (χ2v) is 3.56. The summed E-state index contributed by atoms with van der Waals surface area (Å²) in [6, 6.07) is 6.57. The number of esters is 1. The number of hydrogen-bond acceptors (Lipinski definition) is 5. The highest BCUT2D eigenvalue weighted by Crippen LogP contribution is 2.13. The number of nitrogens with one attached hydrogen (secondary N) is 1. The van der Waals surface area contributed by atoms with E-state index in [1.54, 1.807) is 24.3 Å². The molecule has 0 fully saturated rings. The first-order valence-corrected chi connectivity index (χ1v) is 5.37. The zero-order valence-electron chi connectivity index (χ0n) is 9.72. The molecule has 0 amide bonds. The molecule has 94 valence electrons. The molecule has 0 radical (unpaired) electrons. The molecular weight excluding hydrogens is 222 g/mol. The molecule has 0 spiro atoms. The Hall–Kier alpha value is -1.43. The Morgan fingerprint density at radius 2 is 2.06 bits per heavy atom. The highest BCUT2D eigenvalue weighted by atomic mass is 16.5. The number of aliphatic hydroxyl groups excluding tert-OH is 2. The molecule has 1 rings (SSSR count). The van der Waals surface area contributed by atoms with Gasteiger partial charge in [-0.2, -0.15) is 0 Å². The number of hydrogen-bond donors (Lipinski definition) is 3. The average molecular weight is 239 g/mol. The highest BCUT2D eigenvalue weighted by Gasteiger charge is 2.09. The molecule has 0 saturated heterocycles. The molecule has 0 aliphatic heterocycles. The fourth-order valence-corrected chi connectivity index (χ4v) is 1.39. The second-order valence-electron chi connectivity index (χ2n) is 3.56. The fraction of sp³-hybridized carbons (Fsp3) is 0.417. The number of benzene rings is 1. The van der Waals surface area contributed by atoms with Crippen LogP contribution in [0.4, 0.5) is 0 Å². The van der Waals surface area contributed by atoms with Crippen LogP contribution >= 0.6 is 0 Å². The molecule has 3 N–H and O–H groups in total. The standard InChI is InChI=1S/C12H17NO4/c1-17-12(16)10-4-2-9(3-5-10)11(15)8-13-6-7-14/h2-5,11,13-15H,6-8H2,1H3. The molecule has 0 bridgehead atoms. The van der Waals surface area contributed by atoms with E-state index >= 15 is 0 Å². The molecular formula is C12H17NO4. The first-order chi connectivity index (χ1) is 8.19. The predicted molar refractivity (Wildman–Crippen MR) is 62.7 cm³/mol. The second kappa shape index (κ2) is 7.01. The van der Waals surface area contributed by atoms with Crippen LogP contribution in [0.3, 0.4) is 0 Å². The van der Waals surface area contributed by atoms with Crippen molar-refractivity contribution in [3.63, 3.8) is 0 Å². The monoisotopic (exact) mass is 239 g/mol. The summed E-state index contributed by atoms with van der Waals surface area (Å²) in [7, 11) is 1.32. The summed E-state index contributed by atoms with van der Waals surface area (Å²) in [5.41, 5.74) is 1.16. The smallest absolute Gasteiger partial charge is 0.337 e. The lowest BCUT2D eigenvalue weighted by Crippen LogP contribution is -2.24. The number of ether oxygens (including phenoxy) is 1. The van der Waals surface area contributed by atoms with Crippen molar-refractivity contribution in [1.82, 2.24) is 5.32 Å². The number of methoxy groups -OCH3 is 1. The van der Waals surface area contributed by atoms with E-state index in [4.69, 9.17) is 5.11 Å². The van der Waals surface area contributed by atoms with Crippen LogP contribution in [0.25, 0.3) is 0 Å². The minimum absolute atomic E-state index is 0.0357. The predicted octanol–water partition coefficient (Wildman–Crippen LogP) is 0.0885. The maximum Gasteiger partial charge on any atom is 0.337 e. The van der Waals surface area contributed by atoms with E-state index in [-0.39, 0.29) is 6.61 Å². The van der Waals surface area contributed by atoms with E-state index in [0.29, 0.717) is 24.2 Å². The van der Waals surface area contributed by atoms with Gasteiger partial charge in [-0.15, -0.1) is 0 Å². The Kier molecular flexibility index (Phi) is 5.62. The topological polar surface area (TPSA) is 78.8 Å². The summed E-state index contributed by atoms with van der Waals surface area (Å²) < 4.78 is 4.57. The number of carbonyl (C=O) groups is 1. The third-order valence-corrected chi connectivity index (χ3v) is 2.34. The Labute approximate surface area is 100 Å². The van der Waals surface area contributed by atoms with Crippen LogP contribution in [0.2, 0.25) is 0 Å². The van der Waals surface area contributed by atoms with E-state index in [1.807, 2.05) is 0 Å². The maximum absolute atomic E-state index is 11.2. The van der Waals surface area contributed by atoms with Gasteiger partial charge in [0.05, 0.1) is 25.4 Å². The molecule has 1 atom stereocenters. The lowest BCUT2D eigenvalue weighted by molar-refractivity contribution is 0.0600. The lowest BCUT2D eigenvalue weighted by Gasteiger charge is -2.11. The van der Waals surface area contributed by atoms with Crippen molar-refractivity contribution in [2.75, 3.05) is 26.8 Å². The van der Waals surface area contributed by atoms with Crippen molar-refractivity contribution in [1.29, 1.82) is 0 Å². The molecule has 0 aliphatic rings. The summed E-state index contributed by atoms with van der Waals surface area (Å²) in [5, 5.41) is 21.2. The summed E-state index contributed by atoms with van der Waals surface area (Å²) in [5.74, 6) is -0.399. The third kappa shape index (κ3) is 4.14. The minimum atomic E-state index is -0.659. The van der Waals surface area contributed by atoms with Gasteiger partial charge >= 0.3 is 5.97 Å². The van der Waals surface area contributed by atoms with Gasteiger partial charge in [-0.25, -0.2) is 4.79 Å². The van der Waals surface area contributed by atoms with Gasteiger partial charge in [0.2, 0.25) is 0 Å². The zero-order valence-corrected chi connectivity index (χ0v) is 9.72.